The lowest BCUT2D eigenvalue weighted by Gasteiger charge is -2.26. The van der Waals surface area contributed by atoms with Crippen LogP contribution in [-0.2, 0) is 6.54 Å². The summed E-state index contributed by atoms with van der Waals surface area (Å²) in [5, 5.41) is 4.03. The molecule has 1 amide bonds. The van der Waals surface area contributed by atoms with E-state index < -0.39 is 0 Å². The van der Waals surface area contributed by atoms with Crippen LogP contribution < -0.4 is 14.2 Å². The van der Waals surface area contributed by atoms with Crippen molar-refractivity contribution in [2.45, 2.75) is 26.4 Å². The van der Waals surface area contributed by atoms with Crippen molar-refractivity contribution < 1.29 is 23.5 Å². The molecule has 2 aromatic carbocycles. The summed E-state index contributed by atoms with van der Waals surface area (Å²) < 4.78 is 21.5. The minimum Gasteiger partial charge on any atom is -0.496 e. The van der Waals surface area contributed by atoms with E-state index in [2.05, 4.69) is 10.1 Å². The van der Waals surface area contributed by atoms with E-state index >= 15 is 0 Å². The molecular formula is C22H25N3O5. The molecule has 8 heteroatoms. The first-order valence-electron chi connectivity index (χ1n) is 9.47. The van der Waals surface area contributed by atoms with Crippen LogP contribution in [0.2, 0.25) is 0 Å². The SMILES string of the molecule is COc1cc(OC)c(C(=O)N(Cc2nc(-c3ccccc3)no2)C(C)C)cc1OC. The Hall–Kier alpha value is -3.55. The minimum atomic E-state index is -0.248. The van der Waals surface area contributed by atoms with E-state index in [-0.39, 0.29) is 18.5 Å². The number of aromatic nitrogens is 2. The molecule has 0 aliphatic rings. The summed E-state index contributed by atoms with van der Waals surface area (Å²) in [6.07, 6.45) is 0. The molecule has 0 saturated carbocycles. The zero-order valence-corrected chi connectivity index (χ0v) is 17.7. The Balaban J connectivity index is 1.90. The molecule has 8 nitrogen and oxygen atoms in total. The number of rotatable bonds is 8. The fourth-order valence-corrected chi connectivity index (χ4v) is 3.01. The predicted octanol–water partition coefficient (Wildman–Crippen LogP) is 3.81. The standard InChI is InChI=1S/C22H25N3O5/c1-14(2)25(13-20-23-21(24-30-20)15-9-7-6-8-10-15)22(26)16-11-18(28-4)19(29-5)12-17(16)27-3/h6-12,14H,13H2,1-5H3. The Bertz CT molecular complexity index is 1000. The zero-order chi connectivity index (χ0) is 21.7. The lowest BCUT2D eigenvalue weighted by Crippen LogP contribution is -2.36. The van der Waals surface area contributed by atoms with Crippen molar-refractivity contribution in [1.82, 2.24) is 15.0 Å². The molecule has 0 unspecified atom stereocenters. The Labute approximate surface area is 175 Å². The first kappa shape index (κ1) is 21.2. The van der Waals surface area contributed by atoms with Crippen LogP contribution in [0.1, 0.15) is 30.1 Å². The van der Waals surface area contributed by atoms with Crippen LogP contribution in [0.25, 0.3) is 11.4 Å². The molecule has 0 atom stereocenters. The predicted molar refractivity (Wildman–Crippen MR) is 111 cm³/mol. The van der Waals surface area contributed by atoms with Gasteiger partial charge in [0.15, 0.2) is 11.5 Å². The molecule has 0 aliphatic heterocycles. The average molecular weight is 411 g/mol. The number of benzene rings is 2. The number of nitrogens with zero attached hydrogens (tertiary/aromatic N) is 3. The highest BCUT2D eigenvalue weighted by molar-refractivity contribution is 5.98. The van der Waals surface area contributed by atoms with Gasteiger partial charge < -0.3 is 23.6 Å². The van der Waals surface area contributed by atoms with Crippen LogP contribution in [0.5, 0.6) is 17.2 Å². The number of hydrogen-bond donors (Lipinski definition) is 0. The molecule has 0 aliphatic carbocycles. The third-order valence-corrected chi connectivity index (χ3v) is 4.63. The second kappa shape index (κ2) is 9.30. The topological polar surface area (TPSA) is 86.9 Å². The van der Waals surface area contributed by atoms with Crippen molar-refractivity contribution in [3.63, 3.8) is 0 Å². The molecule has 0 N–H and O–H groups in total. The van der Waals surface area contributed by atoms with Crippen molar-refractivity contribution >= 4 is 5.91 Å². The van der Waals surface area contributed by atoms with Crippen LogP contribution in [0.15, 0.2) is 47.0 Å². The second-order valence-corrected chi connectivity index (χ2v) is 6.81. The van der Waals surface area contributed by atoms with Crippen LogP contribution in [0, 0.1) is 0 Å². The fraction of sp³-hybridized carbons (Fsp3) is 0.318. The van der Waals surface area contributed by atoms with Gasteiger partial charge in [-0.1, -0.05) is 35.5 Å². The van der Waals surface area contributed by atoms with Crippen molar-refractivity contribution in [2.75, 3.05) is 21.3 Å². The van der Waals surface area contributed by atoms with E-state index in [1.807, 2.05) is 44.2 Å². The summed E-state index contributed by atoms with van der Waals surface area (Å²) in [5.74, 6) is 1.88. The van der Waals surface area contributed by atoms with Crippen molar-refractivity contribution in [1.29, 1.82) is 0 Å². The second-order valence-electron chi connectivity index (χ2n) is 6.81. The molecule has 0 bridgehead atoms. The largest absolute Gasteiger partial charge is 0.496 e. The summed E-state index contributed by atoms with van der Waals surface area (Å²) in [6, 6.07) is 12.6. The number of methoxy groups -OCH3 is 3. The van der Waals surface area contributed by atoms with E-state index in [0.717, 1.165) is 5.56 Å². The Kier molecular flexibility index (Phi) is 6.56. The Morgan fingerprint density at radius 3 is 2.23 bits per heavy atom. The summed E-state index contributed by atoms with van der Waals surface area (Å²) in [6.45, 7) is 3.99. The molecule has 30 heavy (non-hydrogen) atoms. The molecule has 0 spiro atoms. The summed E-state index contributed by atoms with van der Waals surface area (Å²) in [4.78, 5) is 19.4. The summed E-state index contributed by atoms with van der Waals surface area (Å²) in [7, 11) is 4.54. The molecular weight excluding hydrogens is 386 g/mol. The monoisotopic (exact) mass is 411 g/mol. The van der Waals surface area contributed by atoms with Gasteiger partial charge in [-0.25, -0.2) is 0 Å². The maximum atomic E-state index is 13.4. The molecule has 3 aromatic rings. The third kappa shape index (κ3) is 4.37. The smallest absolute Gasteiger partial charge is 0.258 e. The van der Waals surface area contributed by atoms with E-state index in [4.69, 9.17) is 18.7 Å². The normalized spacial score (nSPS) is 10.7. The van der Waals surface area contributed by atoms with Crippen LogP contribution in [0.4, 0.5) is 0 Å². The van der Waals surface area contributed by atoms with Crippen LogP contribution in [-0.4, -0.2) is 48.3 Å². The van der Waals surface area contributed by atoms with Gasteiger partial charge in [0.05, 0.1) is 26.9 Å². The quantitative estimate of drug-likeness (QED) is 0.557. The van der Waals surface area contributed by atoms with Gasteiger partial charge in [-0.2, -0.15) is 4.98 Å². The first-order chi connectivity index (χ1) is 14.5. The van der Waals surface area contributed by atoms with Crippen molar-refractivity contribution in [3.05, 3.63) is 53.9 Å². The number of ether oxygens (including phenoxy) is 3. The molecule has 0 saturated heterocycles. The van der Waals surface area contributed by atoms with Crippen LogP contribution in [0.3, 0.4) is 0 Å². The number of carbonyl (C=O) groups is 1. The first-order valence-corrected chi connectivity index (χ1v) is 9.47. The van der Waals surface area contributed by atoms with E-state index in [9.17, 15) is 4.79 Å². The van der Waals surface area contributed by atoms with Gasteiger partial charge in [0.25, 0.3) is 5.91 Å². The van der Waals surface area contributed by atoms with Gasteiger partial charge >= 0.3 is 0 Å². The van der Waals surface area contributed by atoms with Crippen molar-refractivity contribution in [3.8, 4) is 28.6 Å². The number of hydrogen-bond acceptors (Lipinski definition) is 7. The van der Waals surface area contributed by atoms with Gasteiger partial charge in [0, 0.05) is 23.7 Å². The number of carbonyl (C=O) groups excluding carboxylic acids is 1. The van der Waals surface area contributed by atoms with Gasteiger partial charge in [-0.3, -0.25) is 4.79 Å². The highest BCUT2D eigenvalue weighted by atomic mass is 16.5. The van der Waals surface area contributed by atoms with Gasteiger partial charge in [-0.15, -0.1) is 0 Å². The molecule has 1 heterocycles. The lowest BCUT2D eigenvalue weighted by molar-refractivity contribution is 0.0663. The minimum absolute atomic E-state index is 0.123. The van der Waals surface area contributed by atoms with E-state index in [1.54, 1.807) is 17.0 Å². The maximum absolute atomic E-state index is 13.4. The third-order valence-electron chi connectivity index (χ3n) is 4.63. The summed E-state index contributed by atoms with van der Waals surface area (Å²) in [5.41, 5.74) is 1.20. The fourth-order valence-electron chi connectivity index (χ4n) is 3.01. The molecule has 158 valence electrons. The van der Waals surface area contributed by atoms with Crippen LogP contribution >= 0.6 is 0 Å². The highest BCUT2D eigenvalue weighted by Crippen LogP contribution is 2.35. The Morgan fingerprint density at radius 2 is 1.63 bits per heavy atom. The van der Waals surface area contributed by atoms with E-state index in [0.29, 0.717) is 34.5 Å². The maximum Gasteiger partial charge on any atom is 0.258 e. The van der Waals surface area contributed by atoms with Gasteiger partial charge in [0.1, 0.15) is 12.3 Å². The highest BCUT2D eigenvalue weighted by Gasteiger charge is 2.26. The molecule has 1 aromatic heterocycles. The zero-order valence-electron chi connectivity index (χ0n) is 17.7. The average Bonchev–Trinajstić information content (AvgIpc) is 3.25. The summed E-state index contributed by atoms with van der Waals surface area (Å²) >= 11 is 0. The Morgan fingerprint density at radius 1 is 1.00 bits per heavy atom. The number of amides is 1. The van der Waals surface area contributed by atoms with Gasteiger partial charge in [-0.05, 0) is 13.8 Å². The molecule has 0 fully saturated rings. The lowest BCUT2D eigenvalue weighted by atomic mass is 10.1. The van der Waals surface area contributed by atoms with Gasteiger partial charge in [0.2, 0.25) is 11.7 Å². The molecule has 0 radical (unpaired) electrons. The molecule has 3 rings (SSSR count). The van der Waals surface area contributed by atoms with E-state index in [1.165, 1.54) is 21.3 Å². The van der Waals surface area contributed by atoms with Crippen molar-refractivity contribution in [2.24, 2.45) is 0 Å².